The predicted octanol–water partition coefficient (Wildman–Crippen LogP) is 3.20. The Bertz CT molecular complexity index is 397. The Hall–Kier alpha value is -0.380. The van der Waals surface area contributed by atoms with Gasteiger partial charge in [-0.15, -0.1) is 0 Å². The molecule has 1 aromatic rings. The third-order valence-electron chi connectivity index (χ3n) is 4.08. The molecule has 98 valence electrons. The van der Waals surface area contributed by atoms with Gasteiger partial charge in [-0.1, -0.05) is 40.9 Å². The summed E-state index contributed by atoms with van der Waals surface area (Å²) in [5.74, 6) is 0.976. The van der Waals surface area contributed by atoms with Crippen molar-refractivity contribution in [2.24, 2.45) is 5.92 Å². The van der Waals surface area contributed by atoms with Gasteiger partial charge in [0.2, 0.25) is 0 Å². The van der Waals surface area contributed by atoms with Gasteiger partial charge in [0.1, 0.15) is 0 Å². The number of halogens is 1. The molecule has 1 saturated carbocycles. The second-order valence-corrected chi connectivity index (χ2v) is 6.45. The third-order valence-corrected chi connectivity index (χ3v) is 4.57. The van der Waals surface area contributed by atoms with Gasteiger partial charge in [-0.2, -0.15) is 0 Å². The highest BCUT2D eigenvalue weighted by molar-refractivity contribution is 9.10. The van der Waals surface area contributed by atoms with Crippen LogP contribution in [0.25, 0.3) is 0 Å². The molecule has 18 heavy (non-hydrogen) atoms. The summed E-state index contributed by atoms with van der Waals surface area (Å²) >= 11 is 3.61. The number of hydrogen-bond donors (Lipinski definition) is 1. The monoisotopic (exact) mass is 308 g/mol. The van der Waals surface area contributed by atoms with E-state index in [1.807, 2.05) is 0 Å². The summed E-state index contributed by atoms with van der Waals surface area (Å²) in [6.45, 7) is 4.64. The standard InChI is InChI=1S/C15H21BrN2/c16-14-3-1-2-13(11-14)15(10-12-4-5-12)18-8-6-17-7-9-18/h1-3,11-12,15,17H,4-10H2/t15-/m0/s1. The fraction of sp³-hybridized carbons (Fsp3) is 0.600. The molecule has 1 aliphatic heterocycles. The van der Waals surface area contributed by atoms with Crippen LogP contribution in [0.1, 0.15) is 30.9 Å². The Balaban J connectivity index is 1.78. The molecule has 1 atom stereocenters. The van der Waals surface area contributed by atoms with Crippen LogP contribution in [-0.2, 0) is 0 Å². The first kappa shape index (κ1) is 12.6. The minimum Gasteiger partial charge on any atom is -0.314 e. The first-order valence-corrected chi connectivity index (χ1v) is 7.82. The Morgan fingerprint density at radius 3 is 2.72 bits per heavy atom. The van der Waals surface area contributed by atoms with E-state index in [-0.39, 0.29) is 0 Å². The summed E-state index contributed by atoms with van der Waals surface area (Å²) in [4.78, 5) is 2.66. The largest absolute Gasteiger partial charge is 0.314 e. The van der Waals surface area contributed by atoms with Crippen molar-refractivity contribution in [1.82, 2.24) is 10.2 Å². The van der Waals surface area contributed by atoms with Crippen LogP contribution in [0.5, 0.6) is 0 Å². The molecule has 0 aromatic heterocycles. The van der Waals surface area contributed by atoms with Crippen molar-refractivity contribution >= 4 is 15.9 Å². The van der Waals surface area contributed by atoms with Gasteiger partial charge in [-0.05, 0) is 30.0 Å². The SMILES string of the molecule is Brc1cccc([C@H](CC2CC2)N2CCNCC2)c1. The van der Waals surface area contributed by atoms with Crippen LogP contribution in [0.3, 0.4) is 0 Å². The number of nitrogens with one attached hydrogen (secondary N) is 1. The van der Waals surface area contributed by atoms with Gasteiger partial charge in [0, 0.05) is 36.7 Å². The molecule has 3 heteroatoms. The first-order valence-electron chi connectivity index (χ1n) is 7.03. The van der Waals surface area contributed by atoms with Crippen LogP contribution in [0.2, 0.25) is 0 Å². The fourth-order valence-corrected chi connectivity index (χ4v) is 3.29. The molecule has 2 fully saturated rings. The Kier molecular flexibility index (Phi) is 4.02. The number of piperazine rings is 1. The van der Waals surface area contributed by atoms with E-state index >= 15 is 0 Å². The van der Waals surface area contributed by atoms with E-state index in [1.54, 1.807) is 0 Å². The number of benzene rings is 1. The van der Waals surface area contributed by atoms with Gasteiger partial charge in [0.25, 0.3) is 0 Å². The van der Waals surface area contributed by atoms with Crippen molar-refractivity contribution in [3.8, 4) is 0 Å². The van der Waals surface area contributed by atoms with Gasteiger partial charge in [-0.25, -0.2) is 0 Å². The highest BCUT2D eigenvalue weighted by atomic mass is 79.9. The molecule has 0 radical (unpaired) electrons. The maximum Gasteiger partial charge on any atom is 0.0352 e. The minimum atomic E-state index is 0.622. The lowest BCUT2D eigenvalue weighted by Crippen LogP contribution is -2.45. The van der Waals surface area contributed by atoms with Crippen molar-refractivity contribution in [2.75, 3.05) is 26.2 Å². The van der Waals surface area contributed by atoms with Crippen molar-refractivity contribution in [2.45, 2.75) is 25.3 Å². The van der Waals surface area contributed by atoms with Crippen molar-refractivity contribution < 1.29 is 0 Å². The highest BCUT2D eigenvalue weighted by Gasteiger charge is 2.30. The van der Waals surface area contributed by atoms with E-state index in [4.69, 9.17) is 0 Å². The van der Waals surface area contributed by atoms with Crippen LogP contribution < -0.4 is 5.32 Å². The average molecular weight is 309 g/mol. The summed E-state index contributed by atoms with van der Waals surface area (Å²) in [6, 6.07) is 9.50. The summed E-state index contributed by atoms with van der Waals surface area (Å²) < 4.78 is 1.20. The van der Waals surface area contributed by atoms with Gasteiger partial charge < -0.3 is 5.32 Å². The van der Waals surface area contributed by atoms with Crippen molar-refractivity contribution in [3.05, 3.63) is 34.3 Å². The Labute approximate surface area is 118 Å². The molecule has 1 N–H and O–H groups in total. The molecule has 1 saturated heterocycles. The lowest BCUT2D eigenvalue weighted by atomic mass is 9.99. The summed E-state index contributed by atoms with van der Waals surface area (Å²) in [6.07, 6.45) is 4.23. The minimum absolute atomic E-state index is 0.622. The Morgan fingerprint density at radius 2 is 2.06 bits per heavy atom. The second kappa shape index (κ2) is 5.72. The van der Waals surface area contributed by atoms with Gasteiger partial charge in [-0.3, -0.25) is 4.90 Å². The molecule has 1 aromatic carbocycles. The molecule has 1 heterocycles. The normalized spacial score (nSPS) is 22.9. The fourth-order valence-electron chi connectivity index (χ4n) is 2.87. The second-order valence-electron chi connectivity index (χ2n) is 5.54. The maximum atomic E-state index is 3.61. The zero-order valence-corrected chi connectivity index (χ0v) is 12.3. The van der Waals surface area contributed by atoms with Gasteiger partial charge >= 0.3 is 0 Å². The Morgan fingerprint density at radius 1 is 1.28 bits per heavy atom. The predicted molar refractivity (Wildman–Crippen MR) is 78.7 cm³/mol. The van der Waals surface area contributed by atoms with Crippen molar-refractivity contribution in [1.29, 1.82) is 0 Å². The highest BCUT2D eigenvalue weighted by Crippen LogP contribution is 2.40. The zero-order chi connectivity index (χ0) is 12.4. The molecule has 2 aliphatic rings. The van der Waals surface area contributed by atoms with E-state index in [9.17, 15) is 0 Å². The van der Waals surface area contributed by atoms with Crippen LogP contribution >= 0.6 is 15.9 Å². The van der Waals surface area contributed by atoms with Gasteiger partial charge in [0.05, 0.1) is 0 Å². The maximum absolute atomic E-state index is 3.61. The van der Waals surface area contributed by atoms with E-state index in [1.165, 1.54) is 42.4 Å². The molecule has 0 bridgehead atoms. The van der Waals surface area contributed by atoms with E-state index in [0.717, 1.165) is 19.0 Å². The molecule has 2 nitrogen and oxygen atoms in total. The van der Waals surface area contributed by atoms with Gasteiger partial charge in [0.15, 0.2) is 0 Å². The number of hydrogen-bond acceptors (Lipinski definition) is 2. The van der Waals surface area contributed by atoms with E-state index in [0.29, 0.717) is 6.04 Å². The quantitative estimate of drug-likeness (QED) is 0.919. The summed E-state index contributed by atoms with van der Waals surface area (Å²) in [7, 11) is 0. The van der Waals surface area contributed by atoms with Crippen LogP contribution in [0.4, 0.5) is 0 Å². The zero-order valence-electron chi connectivity index (χ0n) is 10.7. The van der Waals surface area contributed by atoms with Crippen LogP contribution in [-0.4, -0.2) is 31.1 Å². The first-order chi connectivity index (χ1) is 8.83. The van der Waals surface area contributed by atoms with Crippen LogP contribution in [0, 0.1) is 5.92 Å². The smallest absolute Gasteiger partial charge is 0.0352 e. The van der Waals surface area contributed by atoms with E-state index in [2.05, 4.69) is 50.4 Å². The van der Waals surface area contributed by atoms with Crippen LogP contribution in [0.15, 0.2) is 28.7 Å². The molecular formula is C15H21BrN2. The third kappa shape index (κ3) is 3.14. The number of rotatable bonds is 4. The molecule has 0 spiro atoms. The lowest BCUT2D eigenvalue weighted by molar-refractivity contribution is 0.160. The summed E-state index contributed by atoms with van der Waals surface area (Å²) in [5, 5.41) is 3.45. The molecule has 3 rings (SSSR count). The lowest BCUT2D eigenvalue weighted by Gasteiger charge is -2.35. The average Bonchev–Trinajstić information content (AvgIpc) is 3.21. The topological polar surface area (TPSA) is 15.3 Å². The summed E-state index contributed by atoms with van der Waals surface area (Å²) in [5.41, 5.74) is 1.48. The molecule has 1 aliphatic carbocycles. The molecule has 0 unspecified atom stereocenters. The van der Waals surface area contributed by atoms with E-state index < -0.39 is 0 Å². The molecule has 0 amide bonds. The number of nitrogens with zero attached hydrogens (tertiary/aromatic N) is 1. The molecular weight excluding hydrogens is 288 g/mol. The van der Waals surface area contributed by atoms with Crippen molar-refractivity contribution in [3.63, 3.8) is 0 Å².